The molecule has 1 aliphatic carbocycles. The lowest BCUT2D eigenvalue weighted by Gasteiger charge is -2.30. The number of hydrogen-bond acceptors (Lipinski definition) is 4. The first-order chi connectivity index (χ1) is 19.9. The van der Waals surface area contributed by atoms with E-state index in [0.29, 0.717) is 47.4 Å². The Balaban J connectivity index is 1.31. The molecule has 0 saturated carbocycles. The van der Waals surface area contributed by atoms with Crippen molar-refractivity contribution in [2.45, 2.75) is 39.5 Å². The number of rotatable bonds is 14. The molecule has 3 aromatic rings. The number of allylic oxidation sites excluding steroid dienone is 4. The van der Waals surface area contributed by atoms with Crippen molar-refractivity contribution in [2.75, 3.05) is 33.5 Å². The normalized spacial score (nSPS) is 15.7. The van der Waals surface area contributed by atoms with Gasteiger partial charge >= 0.3 is 0 Å². The fourth-order valence-corrected chi connectivity index (χ4v) is 6.28. The molecule has 0 aliphatic heterocycles. The average molecular weight is 595 g/mol. The standard InChI is InChI=1S/C35H41Cl2NO3/c1-24-19-33(36)35(34(37)20-24)41-18-17-40-30-13-10-26(11-14-30)22-29(23-38)31-15-12-28(21-25(31)2)32-9-5-4-7-27(32)8-6-16-39-3/h4-5,7,9-14,19-21,29,31H,6,8,15-18,22-23,38H2,1-3H3. The first-order valence-electron chi connectivity index (χ1n) is 14.4. The molecule has 6 heteroatoms. The number of halogens is 2. The van der Waals surface area contributed by atoms with E-state index in [-0.39, 0.29) is 0 Å². The zero-order valence-electron chi connectivity index (χ0n) is 24.3. The van der Waals surface area contributed by atoms with Gasteiger partial charge < -0.3 is 19.9 Å². The molecular formula is C35H41Cl2NO3. The molecule has 0 bridgehead atoms. The first-order valence-corrected chi connectivity index (χ1v) is 15.1. The molecule has 41 heavy (non-hydrogen) atoms. The predicted molar refractivity (Wildman–Crippen MR) is 171 cm³/mol. The van der Waals surface area contributed by atoms with Gasteiger partial charge in [0.05, 0.1) is 10.0 Å². The van der Waals surface area contributed by atoms with Gasteiger partial charge in [-0.05, 0) is 110 Å². The maximum atomic E-state index is 6.32. The number of methoxy groups -OCH3 is 1. The summed E-state index contributed by atoms with van der Waals surface area (Å²) in [6.07, 6.45) is 8.73. The first kappa shape index (κ1) is 31.2. The van der Waals surface area contributed by atoms with E-state index in [0.717, 1.165) is 43.6 Å². The number of benzene rings is 3. The van der Waals surface area contributed by atoms with Crippen molar-refractivity contribution in [3.05, 3.63) is 111 Å². The van der Waals surface area contributed by atoms with Crippen LogP contribution in [0.5, 0.6) is 11.5 Å². The Morgan fingerprint density at radius 2 is 1.63 bits per heavy atom. The third kappa shape index (κ3) is 8.62. The molecule has 0 radical (unpaired) electrons. The monoisotopic (exact) mass is 593 g/mol. The van der Waals surface area contributed by atoms with Gasteiger partial charge in [0.2, 0.25) is 0 Å². The molecule has 4 nitrogen and oxygen atoms in total. The lowest BCUT2D eigenvalue weighted by molar-refractivity contribution is 0.195. The number of ether oxygens (including phenoxy) is 3. The maximum Gasteiger partial charge on any atom is 0.156 e. The second-order valence-electron chi connectivity index (χ2n) is 10.7. The molecule has 2 unspecified atom stereocenters. The van der Waals surface area contributed by atoms with Crippen molar-refractivity contribution in [1.29, 1.82) is 0 Å². The summed E-state index contributed by atoms with van der Waals surface area (Å²) >= 11 is 12.5. The molecule has 0 fully saturated rings. The van der Waals surface area contributed by atoms with Gasteiger partial charge in [-0.3, -0.25) is 0 Å². The number of aryl methyl sites for hydroxylation is 2. The van der Waals surface area contributed by atoms with E-state index >= 15 is 0 Å². The summed E-state index contributed by atoms with van der Waals surface area (Å²) in [6.45, 7) is 6.36. The molecule has 0 amide bonds. The Morgan fingerprint density at radius 3 is 2.32 bits per heavy atom. The highest BCUT2D eigenvalue weighted by molar-refractivity contribution is 6.37. The summed E-state index contributed by atoms with van der Waals surface area (Å²) in [5, 5.41) is 1.01. The van der Waals surface area contributed by atoms with Gasteiger partial charge in [-0.2, -0.15) is 0 Å². The third-order valence-electron chi connectivity index (χ3n) is 7.72. The highest BCUT2D eigenvalue weighted by Crippen LogP contribution is 2.36. The summed E-state index contributed by atoms with van der Waals surface area (Å²) in [7, 11) is 1.76. The second kappa shape index (κ2) is 15.5. The Morgan fingerprint density at radius 1 is 0.927 bits per heavy atom. The van der Waals surface area contributed by atoms with Crippen molar-refractivity contribution >= 4 is 28.8 Å². The second-order valence-corrected chi connectivity index (χ2v) is 11.6. The Bertz CT molecular complexity index is 1330. The van der Waals surface area contributed by atoms with Crippen molar-refractivity contribution in [1.82, 2.24) is 0 Å². The van der Waals surface area contributed by atoms with E-state index in [1.807, 2.05) is 31.2 Å². The van der Waals surface area contributed by atoms with Crippen LogP contribution in [0.2, 0.25) is 10.0 Å². The SMILES string of the molecule is COCCCc1ccccc1C1=CCC(C(CN)Cc2ccc(OCCOc3c(Cl)cc(C)cc3Cl)cc2)C(C)=C1. The van der Waals surface area contributed by atoms with E-state index in [2.05, 4.69) is 55.5 Å². The quantitative estimate of drug-likeness (QED) is 0.190. The summed E-state index contributed by atoms with van der Waals surface area (Å²) < 4.78 is 16.9. The third-order valence-corrected chi connectivity index (χ3v) is 8.28. The molecule has 3 aromatic carbocycles. The van der Waals surface area contributed by atoms with Crippen molar-refractivity contribution in [3.8, 4) is 11.5 Å². The summed E-state index contributed by atoms with van der Waals surface area (Å²) in [4.78, 5) is 0. The van der Waals surface area contributed by atoms with Crippen LogP contribution in [0, 0.1) is 18.8 Å². The minimum atomic E-state index is 0.347. The van der Waals surface area contributed by atoms with Crippen LogP contribution < -0.4 is 15.2 Å². The molecule has 4 rings (SSSR count). The Kier molecular flexibility index (Phi) is 11.8. The molecule has 0 saturated heterocycles. The average Bonchev–Trinajstić information content (AvgIpc) is 2.96. The van der Waals surface area contributed by atoms with E-state index in [9.17, 15) is 0 Å². The van der Waals surface area contributed by atoms with Gasteiger partial charge in [-0.25, -0.2) is 0 Å². The van der Waals surface area contributed by atoms with Gasteiger partial charge in [0.15, 0.2) is 5.75 Å². The summed E-state index contributed by atoms with van der Waals surface area (Å²) in [5.74, 6) is 2.09. The summed E-state index contributed by atoms with van der Waals surface area (Å²) in [5.41, 5.74) is 14.0. The molecule has 0 spiro atoms. The van der Waals surface area contributed by atoms with Crippen LogP contribution >= 0.6 is 23.2 Å². The largest absolute Gasteiger partial charge is 0.490 e. The zero-order chi connectivity index (χ0) is 29.2. The van der Waals surface area contributed by atoms with E-state index in [1.54, 1.807) is 7.11 Å². The molecule has 2 atom stereocenters. The van der Waals surface area contributed by atoms with E-state index in [4.69, 9.17) is 43.1 Å². The number of hydrogen-bond donors (Lipinski definition) is 1. The van der Waals surface area contributed by atoms with Crippen molar-refractivity contribution in [2.24, 2.45) is 17.6 Å². The van der Waals surface area contributed by atoms with Crippen LogP contribution in [-0.4, -0.2) is 33.5 Å². The molecule has 0 aromatic heterocycles. The predicted octanol–water partition coefficient (Wildman–Crippen LogP) is 8.51. The van der Waals surface area contributed by atoms with Crippen LogP contribution in [0.4, 0.5) is 0 Å². The van der Waals surface area contributed by atoms with Gasteiger partial charge in [-0.15, -0.1) is 0 Å². The van der Waals surface area contributed by atoms with Crippen LogP contribution in [0.3, 0.4) is 0 Å². The van der Waals surface area contributed by atoms with Gasteiger partial charge in [0.25, 0.3) is 0 Å². The Hall–Kier alpha value is -2.76. The number of nitrogens with two attached hydrogens (primary N) is 1. The smallest absolute Gasteiger partial charge is 0.156 e. The van der Waals surface area contributed by atoms with Crippen LogP contribution in [0.25, 0.3) is 5.57 Å². The van der Waals surface area contributed by atoms with E-state index in [1.165, 1.54) is 27.8 Å². The molecule has 0 heterocycles. The molecule has 1 aliphatic rings. The topological polar surface area (TPSA) is 53.7 Å². The van der Waals surface area contributed by atoms with Crippen molar-refractivity contribution < 1.29 is 14.2 Å². The molecular weight excluding hydrogens is 553 g/mol. The zero-order valence-corrected chi connectivity index (χ0v) is 25.8. The fourth-order valence-electron chi connectivity index (χ4n) is 5.57. The highest BCUT2D eigenvalue weighted by Gasteiger charge is 2.25. The lowest BCUT2D eigenvalue weighted by atomic mass is 9.76. The van der Waals surface area contributed by atoms with Crippen LogP contribution in [0.15, 0.2) is 78.4 Å². The Labute approximate surface area is 255 Å². The summed E-state index contributed by atoms with van der Waals surface area (Å²) in [6, 6.07) is 20.7. The minimum absolute atomic E-state index is 0.347. The minimum Gasteiger partial charge on any atom is -0.490 e. The fraction of sp³-hybridized carbons (Fsp3) is 0.371. The van der Waals surface area contributed by atoms with Gasteiger partial charge in [0.1, 0.15) is 19.0 Å². The molecule has 218 valence electrons. The molecule has 2 N–H and O–H groups in total. The van der Waals surface area contributed by atoms with Crippen molar-refractivity contribution in [3.63, 3.8) is 0 Å². The van der Waals surface area contributed by atoms with Crippen LogP contribution in [-0.2, 0) is 17.6 Å². The van der Waals surface area contributed by atoms with Crippen LogP contribution in [0.1, 0.15) is 42.0 Å². The van der Waals surface area contributed by atoms with Gasteiger partial charge in [0, 0.05) is 13.7 Å². The lowest BCUT2D eigenvalue weighted by Crippen LogP contribution is -2.27. The highest BCUT2D eigenvalue weighted by atomic mass is 35.5. The van der Waals surface area contributed by atoms with Gasteiger partial charge in [-0.1, -0.05) is 77.3 Å². The van der Waals surface area contributed by atoms with E-state index < -0.39 is 0 Å². The maximum absolute atomic E-state index is 6.32.